The molecule has 2 aliphatic rings. The van der Waals surface area contributed by atoms with Crippen LogP contribution in [0, 0.1) is 0 Å². The van der Waals surface area contributed by atoms with Gasteiger partial charge in [0.1, 0.15) is 28.4 Å². The molecule has 5 aromatic carbocycles. The number of thiazole rings is 1. The Morgan fingerprint density at radius 3 is 1.86 bits per heavy atom. The number of esters is 1. The molecule has 1 fully saturated rings. The van der Waals surface area contributed by atoms with E-state index in [0.717, 1.165) is 29.4 Å². The molecule has 3 amide bonds. The molecule has 0 radical (unpaired) electrons. The van der Waals surface area contributed by atoms with Crippen molar-refractivity contribution in [3.8, 4) is 0 Å². The highest BCUT2D eigenvalue weighted by Crippen LogP contribution is 2.45. The Balaban J connectivity index is 1.15. The van der Waals surface area contributed by atoms with Crippen LogP contribution in [-0.4, -0.2) is 82.7 Å². The van der Waals surface area contributed by atoms with Gasteiger partial charge in [-0.3, -0.25) is 19.8 Å². The lowest BCUT2D eigenvalue weighted by Gasteiger charge is -2.49. The molecule has 1 saturated heterocycles. The van der Waals surface area contributed by atoms with Crippen LogP contribution in [0.2, 0.25) is 0 Å². The third-order valence-corrected chi connectivity index (χ3v) is 14.9. The van der Waals surface area contributed by atoms with Crippen molar-refractivity contribution in [2.45, 2.75) is 49.5 Å². The van der Waals surface area contributed by atoms with Crippen molar-refractivity contribution in [1.82, 2.24) is 15.2 Å². The molecule has 18 heteroatoms. The van der Waals surface area contributed by atoms with Crippen molar-refractivity contribution in [3.05, 3.63) is 213 Å². The number of hydrogen-bond donors (Lipinski definition) is 2. The molecule has 0 saturated carbocycles. The number of β-lactam (4-membered cyclic amide) rings is 1. The second-order valence-electron chi connectivity index (χ2n) is 17.3. The van der Waals surface area contributed by atoms with E-state index in [1.54, 1.807) is 26.2 Å². The normalized spacial score (nSPS) is 16.3. The Labute approximate surface area is 424 Å². The lowest BCUT2D eigenvalue weighted by atomic mass is 9.80. The minimum atomic E-state index is -3.33. The van der Waals surface area contributed by atoms with Gasteiger partial charge in [-0.1, -0.05) is 175 Å². The Kier molecular flexibility index (Phi) is 15.6. The lowest BCUT2D eigenvalue weighted by Crippen LogP contribution is -2.71. The highest BCUT2D eigenvalue weighted by Gasteiger charge is 2.55. The highest BCUT2D eigenvalue weighted by molar-refractivity contribution is 8.08. The van der Waals surface area contributed by atoms with Crippen molar-refractivity contribution in [2.24, 2.45) is 5.16 Å². The molecule has 1 aromatic heterocycles. The summed E-state index contributed by atoms with van der Waals surface area (Å²) in [7, 11) is -3.33. The number of rotatable bonds is 17. The smallest absolute Gasteiger partial charge is 0.413 e. The predicted molar refractivity (Wildman–Crippen MR) is 278 cm³/mol. The number of anilines is 1. The second kappa shape index (κ2) is 22.0. The van der Waals surface area contributed by atoms with E-state index in [2.05, 4.69) is 20.8 Å². The number of nitrogens with zero attached hydrogens (tertiary/aromatic N) is 3. The fourth-order valence-corrected chi connectivity index (χ4v) is 11.4. The maximum atomic E-state index is 14.9. The monoisotopic (exact) mass is 1030 g/mol. The van der Waals surface area contributed by atoms with Crippen LogP contribution in [-0.2, 0) is 44.1 Å². The quantitative estimate of drug-likeness (QED) is 0.0291. The average Bonchev–Trinajstić information content (AvgIpc) is 3.82. The Hall–Kier alpha value is -6.99. The minimum absolute atomic E-state index is 0.0249. The standard InChI is InChI=1S/C53H49N5O9S4/c1-52(2,3)66-51(62)56-50-54-40(33-70-50)42(57-67-53(37-25-14-7-15-26-37,38-27-16-8-17-28-38)39-29-18-9-19-30-39)46(59)55-43-47(60)58-44(41(34-69-48(43)58)68-31-20-32-71(4,63)64)49(61)65-45(35-21-10-5-11-22-35)36-23-12-6-13-24-36/h5-31,33,43,45,48H,32,34H2,1-4H3,(H,55,59)(H,54,56,62)/b31-20-,57-42-/t43?,48-/m1/s1. The zero-order chi connectivity index (χ0) is 50.2. The number of fused-ring (bicyclic) bond motifs is 1. The summed E-state index contributed by atoms with van der Waals surface area (Å²) in [6, 6.07) is 45.5. The molecule has 0 aliphatic carbocycles. The van der Waals surface area contributed by atoms with Gasteiger partial charge in [0, 0.05) is 39.0 Å². The van der Waals surface area contributed by atoms with Gasteiger partial charge in [0.05, 0.1) is 5.75 Å². The van der Waals surface area contributed by atoms with Gasteiger partial charge in [-0.15, -0.1) is 23.1 Å². The van der Waals surface area contributed by atoms with E-state index in [-0.39, 0.29) is 33.7 Å². The molecule has 3 heterocycles. The van der Waals surface area contributed by atoms with Gasteiger partial charge >= 0.3 is 12.1 Å². The van der Waals surface area contributed by atoms with E-state index < -0.39 is 62.4 Å². The number of hydrogen-bond acceptors (Lipinski definition) is 14. The van der Waals surface area contributed by atoms with Crippen LogP contribution in [0.15, 0.2) is 184 Å². The largest absolute Gasteiger partial charge is 0.448 e. The molecule has 14 nitrogen and oxygen atoms in total. The number of oxime groups is 1. The number of sulfone groups is 1. The average molecular weight is 1030 g/mol. The van der Waals surface area contributed by atoms with Crippen molar-refractivity contribution >= 4 is 79.4 Å². The first-order valence-electron chi connectivity index (χ1n) is 22.3. The van der Waals surface area contributed by atoms with Crippen LogP contribution in [0.4, 0.5) is 9.93 Å². The van der Waals surface area contributed by atoms with Gasteiger partial charge in [0.2, 0.25) is 5.60 Å². The van der Waals surface area contributed by atoms with Crippen molar-refractivity contribution in [2.75, 3.05) is 23.1 Å². The first kappa shape index (κ1) is 50.4. The zero-order valence-corrected chi connectivity index (χ0v) is 42.2. The van der Waals surface area contributed by atoms with Crippen molar-refractivity contribution < 1.29 is 41.9 Å². The number of aromatic nitrogens is 1. The molecular weight excluding hydrogens is 979 g/mol. The lowest BCUT2D eigenvalue weighted by molar-refractivity contribution is -0.154. The van der Waals surface area contributed by atoms with Gasteiger partial charge in [0.25, 0.3) is 11.8 Å². The van der Waals surface area contributed by atoms with Crippen LogP contribution in [0.5, 0.6) is 0 Å². The molecule has 2 atom stereocenters. The number of thioether (sulfide) groups is 2. The van der Waals surface area contributed by atoms with E-state index in [1.807, 2.05) is 152 Å². The van der Waals surface area contributed by atoms with Gasteiger partial charge < -0.3 is 19.6 Å². The predicted octanol–water partition coefficient (Wildman–Crippen LogP) is 9.44. The fourth-order valence-electron chi connectivity index (χ4n) is 7.80. The summed E-state index contributed by atoms with van der Waals surface area (Å²) in [5.41, 5.74) is 0.975. The van der Waals surface area contributed by atoms with Crippen LogP contribution in [0.25, 0.3) is 0 Å². The fraction of sp³-hybridized carbons (Fsp3) is 0.208. The molecule has 8 rings (SSSR count). The Morgan fingerprint density at radius 1 is 0.831 bits per heavy atom. The third-order valence-electron chi connectivity index (χ3n) is 10.9. The molecule has 2 N–H and O–H groups in total. The Bertz CT molecular complexity index is 2940. The number of amides is 3. The summed E-state index contributed by atoms with van der Waals surface area (Å²) in [6.07, 6.45) is 0.996. The van der Waals surface area contributed by atoms with Crippen molar-refractivity contribution in [3.63, 3.8) is 0 Å². The van der Waals surface area contributed by atoms with Gasteiger partial charge in [-0.05, 0) is 37.3 Å². The number of benzene rings is 5. The van der Waals surface area contributed by atoms with Gasteiger partial charge in [-0.2, -0.15) is 0 Å². The van der Waals surface area contributed by atoms with Gasteiger partial charge in [-0.25, -0.2) is 23.0 Å². The highest BCUT2D eigenvalue weighted by atomic mass is 32.2. The number of nitrogens with one attached hydrogen (secondary N) is 2. The summed E-state index contributed by atoms with van der Waals surface area (Å²) in [5.74, 6) is -2.23. The maximum Gasteiger partial charge on any atom is 0.413 e. The molecule has 0 bridgehead atoms. The number of carbonyl (C=O) groups excluding carboxylic acids is 4. The van der Waals surface area contributed by atoms with E-state index in [0.29, 0.717) is 32.7 Å². The molecule has 364 valence electrons. The summed E-state index contributed by atoms with van der Waals surface area (Å²) < 4.78 is 35.6. The zero-order valence-electron chi connectivity index (χ0n) is 39.0. The summed E-state index contributed by atoms with van der Waals surface area (Å²) in [5, 5.41) is 12.5. The summed E-state index contributed by atoms with van der Waals surface area (Å²) in [4.78, 5) is 70.0. The topological polar surface area (TPSA) is 183 Å². The third kappa shape index (κ3) is 12.0. The molecule has 2 aliphatic heterocycles. The molecule has 1 unspecified atom stereocenters. The van der Waals surface area contributed by atoms with Crippen LogP contribution >= 0.6 is 34.9 Å². The first-order chi connectivity index (χ1) is 34.1. The van der Waals surface area contributed by atoms with E-state index in [1.165, 1.54) is 28.1 Å². The van der Waals surface area contributed by atoms with E-state index in [9.17, 15) is 27.6 Å². The Morgan fingerprint density at radius 2 is 1.35 bits per heavy atom. The first-order valence-corrected chi connectivity index (χ1v) is 27.2. The summed E-state index contributed by atoms with van der Waals surface area (Å²) in [6.45, 7) is 5.18. The molecular formula is C53H49N5O9S4. The second-order valence-corrected chi connectivity index (χ2v) is 22.4. The summed E-state index contributed by atoms with van der Waals surface area (Å²) >= 11 is 3.45. The molecule has 71 heavy (non-hydrogen) atoms. The van der Waals surface area contributed by atoms with Crippen LogP contribution < -0.4 is 10.6 Å². The number of carbonyl (C=O) groups is 4. The van der Waals surface area contributed by atoms with Crippen LogP contribution in [0.3, 0.4) is 0 Å². The van der Waals surface area contributed by atoms with E-state index in [4.69, 9.17) is 14.3 Å². The van der Waals surface area contributed by atoms with Crippen LogP contribution in [0.1, 0.15) is 60.4 Å². The van der Waals surface area contributed by atoms with Gasteiger partial charge in [0.15, 0.2) is 26.8 Å². The number of ether oxygens (including phenoxy) is 2. The maximum absolute atomic E-state index is 14.9. The molecule has 6 aromatic rings. The van der Waals surface area contributed by atoms with Crippen molar-refractivity contribution in [1.29, 1.82) is 0 Å². The minimum Gasteiger partial charge on any atom is -0.448 e. The SMILES string of the molecule is CC(C)(C)OC(=O)Nc1nc(/C(=N/OC(c2ccccc2)(c2ccccc2)c2ccccc2)C(=O)NC2C(=O)N3C(C(=O)OC(c4ccccc4)c4ccccc4)=C(S/C=C\CS(C)(=O)=O)CS[C@H]23)cs1. The van der Waals surface area contributed by atoms with E-state index >= 15 is 0 Å². The molecule has 0 spiro atoms.